The molecule has 5 nitrogen and oxygen atoms in total. The van der Waals surface area contributed by atoms with E-state index in [9.17, 15) is 4.79 Å². The van der Waals surface area contributed by atoms with Gasteiger partial charge in [-0.15, -0.1) is 0 Å². The molecule has 0 fully saturated rings. The van der Waals surface area contributed by atoms with Crippen molar-refractivity contribution in [1.29, 1.82) is 0 Å². The Morgan fingerprint density at radius 3 is 2.64 bits per heavy atom. The van der Waals surface area contributed by atoms with E-state index in [-0.39, 0.29) is 5.91 Å². The largest absolute Gasteiger partial charge is 0.497 e. The number of nitrogens with zero attached hydrogens (tertiary/aromatic N) is 2. The quantitative estimate of drug-likeness (QED) is 0.774. The molecule has 3 aromatic rings. The summed E-state index contributed by atoms with van der Waals surface area (Å²) in [6.45, 7) is 3.97. The van der Waals surface area contributed by atoms with E-state index in [4.69, 9.17) is 4.74 Å². The first kappa shape index (κ1) is 16.8. The second-order valence-electron chi connectivity index (χ2n) is 5.97. The average molecular weight is 335 g/mol. The fourth-order valence-corrected chi connectivity index (χ4v) is 2.78. The van der Waals surface area contributed by atoms with Gasteiger partial charge < -0.3 is 10.1 Å². The first-order chi connectivity index (χ1) is 12.0. The Balaban J connectivity index is 1.73. The predicted molar refractivity (Wildman–Crippen MR) is 98.4 cm³/mol. The molecule has 0 atom stereocenters. The van der Waals surface area contributed by atoms with Gasteiger partial charge >= 0.3 is 0 Å². The van der Waals surface area contributed by atoms with Crippen molar-refractivity contribution >= 4 is 11.6 Å². The summed E-state index contributed by atoms with van der Waals surface area (Å²) in [6, 6.07) is 17.2. The van der Waals surface area contributed by atoms with Crippen LogP contribution in [0.2, 0.25) is 0 Å². The van der Waals surface area contributed by atoms with Crippen LogP contribution >= 0.6 is 0 Å². The number of amides is 1. The van der Waals surface area contributed by atoms with Crippen LogP contribution in [-0.4, -0.2) is 22.8 Å². The Hall–Kier alpha value is -3.08. The fourth-order valence-electron chi connectivity index (χ4n) is 2.78. The maximum Gasteiger partial charge on any atom is 0.228 e. The molecule has 0 bridgehead atoms. The Morgan fingerprint density at radius 1 is 1.12 bits per heavy atom. The molecule has 0 aliphatic rings. The average Bonchev–Trinajstić information content (AvgIpc) is 2.93. The van der Waals surface area contributed by atoms with E-state index in [0.29, 0.717) is 6.42 Å². The Morgan fingerprint density at radius 2 is 1.92 bits per heavy atom. The Labute approximate surface area is 147 Å². The van der Waals surface area contributed by atoms with Crippen molar-refractivity contribution in [2.24, 2.45) is 0 Å². The summed E-state index contributed by atoms with van der Waals surface area (Å²) in [4.78, 5) is 12.3. The maximum absolute atomic E-state index is 12.3. The summed E-state index contributed by atoms with van der Waals surface area (Å²) in [7, 11) is 1.61. The zero-order valence-corrected chi connectivity index (χ0v) is 14.6. The van der Waals surface area contributed by atoms with Gasteiger partial charge in [-0.05, 0) is 55.8 Å². The highest BCUT2D eigenvalue weighted by atomic mass is 16.5. The van der Waals surface area contributed by atoms with Crippen LogP contribution in [0.4, 0.5) is 5.69 Å². The predicted octanol–water partition coefficient (Wildman–Crippen LogP) is 3.68. The molecular formula is C20H21N3O2. The van der Waals surface area contributed by atoms with E-state index in [2.05, 4.69) is 10.4 Å². The SMILES string of the molecule is COc1cccc(CC(=O)Nc2cccc(-n3nc(C)cc3C)c2)c1. The Kier molecular flexibility index (Phi) is 4.84. The van der Waals surface area contributed by atoms with Crippen molar-refractivity contribution in [2.75, 3.05) is 12.4 Å². The van der Waals surface area contributed by atoms with E-state index in [1.54, 1.807) is 7.11 Å². The molecule has 3 rings (SSSR count). The van der Waals surface area contributed by atoms with Crippen LogP contribution in [-0.2, 0) is 11.2 Å². The zero-order chi connectivity index (χ0) is 17.8. The lowest BCUT2D eigenvalue weighted by molar-refractivity contribution is -0.115. The first-order valence-electron chi connectivity index (χ1n) is 8.11. The number of aryl methyl sites for hydroxylation is 2. The van der Waals surface area contributed by atoms with Crippen LogP contribution in [0.25, 0.3) is 5.69 Å². The van der Waals surface area contributed by atoms with Gasteiger partial charge in [0.1, 0.15) is 5.75 Å². The van der Waals surface area contributed by atoms with E-state index in [1.165, 1.54) is 0 Å². The minimum Gasteiger partial charge on any atom is -0.497 e. The minimum atomic E-state index is -0.0706. The summed E-state index contributed by atoms with van der Waals surface area (Å²) in [5.74, 6) is 0.676. The molecule has 0 radical (unpaired) electrons. The summed E-state index contributed by atoms with van der Waals surface area (Å²) in [6.07, 6.45) is 0.293. The third kappa shape index (κ3) is 4.07. The number of ether oxygens (including phenoxy) is 1. The lowest BCUT2D eigenvalue weighted by atomic mass is 10.1. The van der Waals surface area contributed by atoms with Gasteiger partial charge in [-0.2, -0.15) is 5.10 Å². The van der Waals surface area contributed by atoms with Gasteiger partial charge in [-0.3, -0.25) is 4.79 Å². The minimum absolute atomic E-state index is 0.0706. The molecule has 0 aliphatic heterocycles. The maximum atomic E-state index is 12.3. The summed E-state index contributed by atoms with van der Waals surface area (Å²) < 4.78 is 7.06. The zero-order valence-electron chi connectivity index (χ0n) is 14.6. The Bertz CT molecular complexity index is 899. The van der Waals surface area contributed by atoms with Crippen molar-refractivity contribution in [3.8, 4) is 11.4 Å². The lowest BCUT2D eigenvalue weighted by Gasteiger charge is -2.09. The van der Waals surface area contributed by atoms with Gasteiger partial charge in [0.25, 0.3) is 0 Å². The monoisotopic (exact) mass is 335 g/mol. The van der Waals surface area contributed by atoms with E-state index >= 15 is 0 Å². The summed E-state index contributed by atoms with van der Waals surface area (Å²) in [5.41, 5.74) is 4.59. The molecule has 0 saturated heterocycles. The number of hydrogen-bond donors (Lipinski definition) is 1. The molecule has 1 N–H and O–H groups in total. The first-order valence-corrected chi connectivity index (χ1v) is 8.11. The molecule has 5 heteroatoms. The van der Waals surface area contributed by atoms with Crippen LogP contribution in [0.5, 0.6) is 5.75 Å². The lowest BCUT2D eigenvalue weighted by Crippen LogP contribution is -2.14. The fraction of sp³-hybridized carbons (Fsp3) is 0.200. The van der Waals surface area contributed by atoms with Crippen molar-refractivity contribution in [3.63, 3.8) is 0 Å². The van der Waals surface area contributed by atoms with Gasteiger partial charge in [0.15, 0.2) is 0 Å². The normalized spacial score (nSPS) is 10.5. The molecular weight excluding hydrogens is 314 g/mol. The van der Waals surface area contributed by atoms with Crippen LogP contribution in [0.1, 0.15) is 17.0 Å². The molecule has 25 heavy (non-hydrogen) atoms. The molecule has 0 aliphatic carbocycles. The number of nitrogens with one attached hydrogen (secondary N) is 1. The highest BCUT2D eigenvalue weighted by Crippen LogP contribution is 2.18. The van der Waals surface area contributed by atoms with Crippen LogP contribution < -0.4 is 10.1 Å². The number of anilines is 1. The third-order valence-electron chi connectivity index (χ3n) is 3.88. The second-order valence-corrected chi connectivity index (χ2v) is 5.97. The number of methoxy groups -OCH3 is 1. The van der Waals surface area contributed by atoms with E-state index < -0.39 is 0 Å². The molecule has 128 valence electrons. The molecule has 1 heterocycles. The van der Waals surface area contributed by atoms with Crippen molar-refractivity contribution in [1.82, 2.24) is 9.78 Å². The molecule has 0 spiro atoms. The molecule has 0 unspecified atom stereocenters. The number of carbonyl (C=O) groups is 1. The highest BCUT2D eigenvalue weighted by molar-refractivity contribution is 5.92. The number of benzene rings is 2. The molecule has 0 saturated carbocycles. The summed E-state index contributed by atoms with van der Waals surface area (Å²) >= 11 is 0. The van der Waals surface area contributed by atoms with Crippen LogP contribution in [0.15, 0.2) is 54.6 Å². The van der Waals surface area contributed by atoms with Gasteiger partial charge in [0.2, 0.25) is 5.91 Å². The van der Waals surface area contributed by atoms with E-state index in [1.807, 2.05) is 73.1 Å². The number of aromatic nitrogens is 2. The number of rotatable bonds is 5. The standard InChI is InChI=1S/C20H21N3O2/c1-14-10-15(2)23(22-14)18-8-5-7-17(13-18)21-20(24)12-16-6-4-9-19(11-16)25-3/h4-11,13H,12H2,1-3H3,(H,21,24). The molecule has 1 amide bonds. The van der Waals surface area contributed by atoms with Gasteiger partial charge in [0, 0.05) is 11.4 Å². The van der Waals surface area contributed by atoms with Crippen molar-refractivity contribution in [2.45, 2.75) is 20.3 Å². The molecule has 1 aromatic heterocycles. The van der Waals surface area contributed by atoms with E-state index in [0.717, 1.165) is 34.1 Å². The van der Waals surface area contributed by atoms with Crippen molar-refractivity contribution in [3.05, 3.63) is 71.5 Å². The third-order valence-corrected chi connectivity index (χ3v) is 3.88. The van der Waals surface area contributed by atoms with Gasteiger partial charge in [-0.1, -0.05) is 18.2 Å². The smallest absolute Gasteiger partial charge is 0.228 e. The van der Waals surface area contributed by atoms with Gasteiger partial charge in [-0.25, -0.2) is 4.68 Å². The second kappa shape index (κ2) is 7.21. The van der Waals surface area contributed by atoms with Crippen LogP contribution in [0, 0.1) is 13.8 Å². The topological polar surface area (TPSA) is 56.1 Å². The van der Waals surface area contributed by atoms with Crippen molar-refractivity contribution < 1.29 is 9.53 Å². The molecule has 2 aromatic carbocycles. The number of hydrogen-bond acceptors (Lipinski definition) is 3. The summed E-state index contributed by atoms with van der Waals surface area (Å²) in [5, 5.41) is 7.42. The highest BCUT2D eigenvalue weighted by Gasteiger charge is 2.08. The number of carbonyl (C=O) groups excluding carboxylic acids is 1. The van der Waals surface area contributed by atoms with Crippen LogP contribution in [0.3, 0.4) is 0 Å². The van der Waals surface area contributed by atoms with Gasteiger partial charge in [0.05, 0.1) is 24.9 Å².